The number of aryl methyl sites for hydroxylation is 1. The molecule has 0 saturated carbocycles. The highest BCUT2D eigenvalue weighted by molar-refractivity contribution is 5.92. The van der Waals surface area contributed by atoms with Crippen molar-refractivity contribution in [3.63, 3.8) is 0 Å². The number of rotatable bonds is 4. The fourth-order valence-corrected chi connectivity index (χ4v) is 5.70. The van der Waals surface area contributed by atoms with Crippen molar-refractivity contribution in [2.24, 2.45) is 16.9 Å². The van der Waals surface area contributed by atoms with Crippen LogP contribution in [0, 0.1) is 5.41 Å². The molecule has 184 valence electrons. The summed E-state index contributed by atoms with van der Waals surface area (Å²) in [6.07, 6.45) is 0.904. The van der Waals surface area contributed by atoms with Gasteiger partial charge in [0.2, 0.25) is 5.91 Å². The number of halogens is 3. The van der Waals surface area contributed by atoms with Crippen molar-refractivity contribution in [2.45, 2.75) is 44.7 Å². The van der Waals surface area contributed by atoms with Gasteiger partial charge in [-0.1, -0.05) is 18.2 Å². The zero-order valence-corrected chi connectivity index (χ0v) is 19.0. The van der Waals surface area contributed by atoms with E-state index in [1.54, 1.807) is 6.07 Å². The minimum Gasteiger partial charge on any atom is -0.369 e. The van der Waals surface area contributed by atoms with E-state index in [0.717, 1.165) is 53.9 Å². The van der Waals surface area contributed by atoms with Crippen LogP contribution in [0.4, 0.5) is 18.0 Å². The van der Waals surface area contributed by atoms with Crippen LogP contribution >= 0.6 is 0 Å². The molecule has 2 heterocycles. The number of nitrogens with zero attached hydrogens (tertiary/aromatic N) is 2. The second kappa shape index (κ2) is 8.28. The number of carbonyl (C=O) groups is 2. The quantitative estimate of drug-likeness (QED) is 0.615. The minimum atomic E-state index is -4.48. The molecule has 10 heteroatoms. The Morgan fingerprint density at radius 2 is 1.97 bits per heavy atom. The smallest absolute Gasteiger partial charge is 0.369 e. The summed E-state index contributed by atoms with van der Waals surface area (Å²) in [5.41, 5.74) is 15.1. The average molecular weight is 486 g/mol. The highest BCUT2D eigenvalue weighted by atomic mass is 19.4. The summed E-state index contributed by atoms with van der Waals surface area (Å²) in [6.45, 7) is 0.396. The van der Waals surface area contributed by atoms with E-state index in [1.807, 2.05) is 6.08 Å². The number of carbonyl (C=O) groups excluding carboxylic acids is 2. The van der Waals surface area contributed by atoms with Gasteiger partial charge in [0.15, 0.2) is 0 Å². The topological polar surface area (TPSA) is 118 Å². The molecule has 0 radical (unpaired) electrons. The number of urea groups is 1. The molecule has 1 aliphatic heterocycles. The third kappa shape index (κ3) is 3.90. The van der Waals surface area contributed by atoms with Crippen LogP contribution in [0.2, 0.25) is 0 Å². The summed E-state index contributed by atoms with van der Waals surface area (Å²) in [4.78, 5) is 26.6. The molecule has 0 saturated heterocycles. The molecule has 3 amide bonds. The molecule has 1 unspecified atom stereocenters. The molecule has 0 bridgehead atoms. The van der Waals surface area contributed by atoms with Crippen LogP contribution in [0.1, 0.15) is 47.3 Å². The molecule has 1 aromatic heterocycles. The van der Waals surface area contributed by atoms with Gasteiger partial charge in [-0.25, -0.2) is 4.79 Å². The predicted molar refractivity (Wildman–Crippen MR) is 123 cm³/mol. The van der Waals surface area contributed by atoms with E-state index in [1.165, 1.54) is 11.0 Å². The van der Waals surface area contributed by atoms with E-state index < -0.39 is 29.1 Å². The largest absolute Gasteiger partial charge is 0.416 e. The number of alkyl halides is 3. The highest BCUT2D eigenvalue weighted by Gasteiger charge is 2.47. The van der Waals surface area contributed by atoms with E-state index >= 15 is 0 Å². The molecule has 1 aromatic carbocycles. The molecular formula is C25H26F3N5O2. The van der Waals surface area contributed by atoms with Gasteiger partial charge in [0.25, 0.3) is 0 Å². The molecule has 5 N–H and O–H groups in total. The molecule has 7 nitrogen and oxygen atoms in total. The molecule has 1 atom stereocenters. The fourth-order valence-electron chi connectivity index (χ4n) is 5.70. The Balaban J connectivity index is 1.62. The van der Waals surface area contributed by atoms with Crippen molar-refractivity contribution in [1.29, 1.82) is 0 Å². The van der Waals surface area contributed by atoms with Crippen LogP contribution in [0.25, 0.3) is 5.57 Å². The Morgan fingerprint density at radius 3 is 2.69 bits per heavy atom. The lowest BCUT2D eigenvalue weighted by Crippen LogP contribution is -2.50. The molecule has 0 fully saturated rings. The van der Waals surface area contributed by atoms with E-state index in [-0.39, 0.29) is 19.4 Å². The Kier molecular flexibility index (Phi) is 5.49. The zero-order chi connectivity index (χ0) is 25.0. The van der Waals surface area contributed by atoms with Crippen LogP contribution < -0.4 is 11.5 Å². The molecule has 5 rings (SSSR count). The Bertz CT molecular complexity index is 1280. The molecule has 2 aliphatic carbocycles. The number of aromatic amines is 1. The minimum absolute atomic E-state index is 0.0938. The van der Waals surface area contributed by atoms with Crippen molar-refractivity contribution < 1.29 is 22.8 Å². The lowest BCUT2D eigenvalue weighted by Gasteiger charge is -2.43. The van der Waals surface area contributed by atoms with Gasteiger partial charge in [-0.2, -0.15) is 18.3 Å². The number of benzene rings is 1. The van der Waals surface area contributed by atoms with Gasteiger partial charge in [0.05, 0.1) is 16.7 Å². The van der Waals surface area contributed by atoms with Crippen molar-refractivity contribution in [3.8, 4) is 0 Å². The Labute approximate surface area is 200 Å². The molecule has 2 aromatic rings. The number of hydrogen-bond donors (Lipinski definition) is 3. The Hall–Kier alpha value is -3.56. The summed E-state index contributed by atoms with van der Waals surface area (Å²) in [6, 6.07) is 4.54. The van der Waals surface area contributed by atoms with Crippen LogP contribution in [0.3, 0.4) is 0 Å². The van der Waals surface area contributed by atoms with Gasteiger partial charge in [-0.3, -0.25) is 9.89 Å². The van der Waals surface area contributed by atoms with Crippen LogP contribution in [-0.4, -0.2) is 40.1 Å². The van der Waals surface area contributed by atoms with Gasteiger partial charge >= 0.3 is 12.2 Å². The Morgan fingerprint density at radius 1 is 1.17 bits per heavy atom. The van der Waals surface area contributed by atoms with Gasteiger partial charge in [-0.15, -0.1) is 0 Å². The normalized spacial score (nSPS) is 22.0. The maximum absolute atomic E-state index is 13.4. The van der Waals surface area contributed by atoms with Crippen molar-refractivity contribution in [3.05, 3.63) is 69.6 Å². The first-order valence-corrected chi connectivity index (χ1v) is 11.6. The van der Waals surface area contributed by atoms with Crippen molar-refractivity contribution in [1.82, 2.24) is 15.1 Å². The standard InChI is InChI=1S/C25H26F3N5O2/c26-25(27,28)15-4-1-3-14(11-15)16-7-9-24(22(29)34,12-21-18-5-2-6-20(18)31-32-21)19-13-33(23(30)35)10-8-17(16)19/h1,3-4,7,11H,2,5-6,8-10,12-13H2,(H2,29,34)(H2,30,35)(H,31,32). The fraction of sp³-hybridized carbons (Fsp3) is 0.400. The summed E-state index contributed by atoms with van der Waals surface area (Å²) >= 11 is 0. The van der Waals surface area contributed by atoms with Crippen LogP contribution in [0.5, 0.6) is 0 Å². The SMILES string of the molecule is NC(=O)N1CCC2=C(C1)C(Cc1n[nH]c3c1CCC3)(C(N)=O)CC=C2c1cccc(C(F)(F)F)c1. The summed E-state index contributed by atoms with van der Waals surface area (Å²) in [5, 5.41) is 7.52. The number of amides is 3. The number of nitrogens with two attached hydrogens (primary N) is 2. The van der Waals surface area contributed by atoms with Crippen molar-refractivity contribution in [2.75, 3.05) is 13.1 Å². The molecular weight excluding hydrogens is 459 g/mol. The van der Waals surface area contributed by atoms with E-state index in [2.05, 4.69) is 10.2 Å². The number of aromatic nitrogens is 2. The van der Waals surface area contributed by atoms with Crippen molar-refractivity contribution >= 4 is 17.5 Å². The van der Waals surface area contributed by atoms with Gasteiger partial charge in [-0.05, 0) is 72.1 Å². The lowest BCUT2D eigenvalue weighted by molar-refractivity contribution is -0.137. The highest BCUT2D eigenvalue weighted by Crippen LogP contribution is 2.49. The van der Waals surface area contributed by atoms with Gasteiger partial charge < -0.3 is 16.4 Å². The van der Waals surface area contributed by atoms with Crippen LogP contribution in [0.15, 0.2) is 41.5 Å². The maximum Gasteiger partial charge on any atom is 0.416 e. The number of allylic oxidation sites excluding steroid dienone is 2. The summed E-state index contributed by atoms with van der Waals surface area (Å²) < 4.78 is 40.2. The first-order valence-electron chi connectivity index (χ1n) is 11.6. The second-order valence-electron chi connectivity index (χ2n) is 9.47. The van der Waals surface area contributed by atoms with E-state index in [9.17, 15) is 22.8 Å². The number of primary amides is 2. The number of fused-ring (bicyclic) bond motifs is 1. The molecule has 3 aliphatic rings. The van der Waals surface area contributed by atoms with Gasteiger partial charge in [0.1, 0.15) is 0 Å². The first kappa shape index (κ1) is 23.2. The average Bonchev–Trinajstić information content (AvgIpc) is 3.43. The second-order valence-corrected chi connectivity index (χ2v) is 9.47. The molecule has 0 spiro atoms. The monoisotopic (exact) mass is 485 g/mol. The number of H-pyrrole nitrogens is 1. The third-order valence-electron chi connectivity index (χ3n) is 7.55. The first-order chi connectivity index (χ1) is 16.6. The molecule has 35 heavy (non-hydrogen) atoms. The number of nitrogens with one attached hydrogen (secondary N) is 1. The van der Waals surface area contributed by atoms with E-state index in [0.29, 0.717) is 29.7 Å². The third-order valence-corrected chi connectivity index (χ3v) is 7.55. The maximum atomic E-state index is 13.4. The predicted octanol–water partition coefficient (Wildman–Crippen LogP) is 3.50. The summed E-state index contributed by atoms with van der Waals surface area (Å²) in [7, 11) is 0. The summed E-state index contributed by atoms with van der Waals surface area (Å²) in [5.74, 6) is -0.551. The van der Waals surface area contributed by atoms with Gasteiger partial charge in [0, 0.05) is 25.2 Å². The zero-order valence-electron chi connectivity index (χ0n) is 19.0. The number of hydrogen-bond acceptors (Lipinski definition) is 3. The lowest BCUT2D eigenvalue weighted by atomic mass is 9.64. The van der Waals surface area contributed by atoms with E-state index in [4.69, 9.17) is 11.5 Å². The van der Waals surface area contributed by atoms with Crippen LogP contribution in [-0.2, 0) is 30.2 Å².